The van der Waals surface area contributed by atoms with Crippen molar-refractivity contribution >= 4 is 65.2 Å². The molecule has 0 fully saturated rings. The van der Waals surface area contributed by atoms with Crippen LogP contribution < -0.4 is 0 Å². The summed E-state index contributed by atoms with van der Waals surface area (Å²) >= 11 is 0. The molecule has 242 valence electrons. The monoisotopic (exact) mass is 663 g/mol. The van der Waals surface area contributed by atoms with Gasteiger partial charge in [-0.3, -0.25) is 4.57 Å². The van der Waals surface area contributed by atoms with E-state index in [0.29, 0.717) is 17.6 Å². The molecule has 0 bridgehead atoms. The molecule has 52 heavy (non-hydrogen) atoms. The molecule has 0 aliphatic rings. The maximum Gasteiger partial charge on any atom is 0.238 e. The van der Waals surface area contributed by atoms with Crippen LogP contribution in [-0.4, -0.2) is 24.1 Å². The second-order valence-corrected chi connectivity index (χ2v) is 13.2. The SMILES string of the molecule is c1ccc(-c2nc(-c3cccc4ccccc34)nc(-n3c4ccccc4c4c(-n5c6ccccc6c6ccccc65)c5ccccc5cc43)n2)cc1. The molecular weight excluding hydrogens is 635 g/mol. The summed E-state index contributed by atoms with van der Waals surface area (Å²) in [4.78, 5) is 15.7. The third kappa shape index (κ3) is 4.20. The molecule has 0 aliphatic heterocycles. The van der Waals surface area contributed by atoms with Crippen LogP contribution in [0.15, 0.2) is 176 Å². The van der Waals surface area contributed by atoms with Gasteiger partial charge in [0.15, 0.2) is 11.6 Å². The van der Waals surface area contributed by atoms with Gasteiger partial charge in [-0.25, -0.2) is 4.98 Å². The number of hydrogen-bond donors (Lipinski definition) is 0. The van der Waals surface area contributed by atoms with Gasteiger partial charge in [0.1, 0.15) is 0 Å². The van der Waals surface area contributed by atoms with Gasteiger partial charge in [0.25, 0.3) is 0 Å². The maximum absolute atomic E-state index is 5.33. The highest BCUT2D eigenvalue weighted by Crippen LogP contribution is 2.43. The van der Waals surface area contributed by atoms with Crippen LogP contribution in [-0.2, 0) is 0 Å². The standard InChI is InChI=1S/C47H29N5/c1-2-16-31(17-3-1)45-48-46(37-25-14-19-30-15-4-6-20-33(30)37)50-47(49-45)52-41-28-13-10-24-38(41)43-42(52)29-32-18-5-7-21-34(32)44(43)51-39-26-11-8-22-35(39)36-23-9-12-27-40(36)51/h1-29H. The van der Waals surface area contributed by atoms with E-state index in [2.05, 4.69) is 167 Å². The lowest BCUT2D eigenvalue weighted by Crippen LogP contribution is -2.07. The molecule has 0 spiro atoms. The molecule has 0 saturated carbocycles. The van der Waals surface area contributed by atoms with Crippen LogP contribution in [0, 0.1) is 0 Å². The summed E-state index contributed by atoms with van der Waals surface area (Å²) in [5.41, 5.74) is 7.45. The van der Waals surface area contributed by atoms with Crippen molar-refractivity contribution in [3.8, 4) is 34.4 Å². The van der Waals surface area contributed by atoms with Gasteiger partial charge in [-0.05, 0) is 40.4 Å². The van der Waals surface area contributed by atoms with Gasteiger partial charge in [0.2, 0.25) is 5.95 Å². The van der Waals surface area contributed by atoms with Crippen LogP contribution >= 0.6 is 0 Å². The number of aromatic nitrogens is 5. The van der Waals surface area contributed by atoms with Gasteiger partial charge >= 0.3 is 0 Å². The van der Waals surface area contributed by atoms with Crippen molar-refractivity contribution in [1.82, 2.24) is 24.1 Å². The Morgan fingerprint density at radius 1 is 0.346 bits per heavy atom. The Hall–Kier alpha value is -7.11. The first-order valence-electron chi connectivity index (χ1n) is 17.6. The Bertz CT molecular complexity index is 3130. The van der Waals surface area contributed by atoms with Crippen LogP contribution in [0.3, 0.4) is 0 Å². The Morgan fingerprint density at radius 3 is 1.62 bits per heavy atom. The van der Waals surface area contributed by atoms with E-state index in [9.17, 15) is 0 Å². The molecule has 0 aliphatic carbocycles. The van der Waals surface area contributed by atoms with Crippen LogP contribution in [0.2, 0.25) is 0 Å². The van der Waals surface area contributed by atoms with Gasteiger partial charge in [-0.1, -0.05) is 152 Å². The first-order chi connectivity index (χ1) is 25.8. The molecule has 0 radical (unpaired) electrons. The van der Waals surface area contributed by atoms with E-state index in [4.69, 9.17) is 15.0 Å². The van der Waals surface area contributed by atoms with Crippen LogP contribution in [0.5, 0.6) is 0 Å². The first-order valence-corrected chi connectivity index (χ1v) is 17.6. The predicted octanol–water partition coefficient (Wildman–Crippen LogP) is 11.7. The molecule has 0 saturated heterocycles. The average molecular weight is 664 g/mol. The fourth-order valence-corrected chi connectivity index (χ4v) is 8.10. The zero-order chi connectivity index (χ0) is 34.2. The Kier molecular flexibility index (Phi) is 6.18. The van der Waals surface area contributed by atoms with Crippen LogP contribution in [0.4, 0.5) is 0 Å². The third-order valence-corrected chi connectivity index (χ3v) is 10.3. The van der Waals surface area contributed by atoms with Gasteiger partial charge in [-0.2, -0.15) is 9.97 Å². The predicted molar refractivity (Wildman–Crippen MR) is 214 cm³/mol. The third-order valence-electron chi connectivity index (χ3n) is 10.3. The number of benzene rings is 8. The normalized spacial score (nSPS) is 11.8. The van der Waals surface area contributed by atoms with Crippen LogP contribution in [0.1, 0.15) is 0 Å². The van der Waals surface area contributed by atoms with Crippen molar-refractivity contribution in [3.05, 3.63) is 176 Å². The first kappa shape index (κ1) is 28.7. The second kappa shape index (κ2) is 11.2. The van der Waals surface area contributed by atoms with E-state index in [1.807, 2.05) is 18.2 Å². The number of rotatable bonds is 4. The lowest BCUT2D eigenvalue weighted by Gasteiger charge is -2.15. The summed E-state index contributed by atoms with van der Waals surface area (Å²) in [5.74, 6) is 1.84. The topological polar surface area (TPSA) is 48.5 Å². The minimum atomic E-state index is 0.575. The van der Waals surface area contributed by atoms with E-state index in [0.717, 1.165) is 54.8 Å². The van der Waals surface area contributed by atoms with E-state index in [-0.39, 0.29) is 0 Å². The molecule has 0 N–H and O–H groups in total. The largest absolute Gasteiger partial charge is 0.308 e. The number of nitrogens with zero attached hydrogens (tertiary/aromatic N) is 5. The summed E-state index contributed by atoms with van der Waals surface area (Å²) in [6.45, 7) is 0. The number of fused-ring (bicyclic) bond motifs is 8. The van der Waals surface area contributed by atoms with Gasteiger partial charge in [0.05, 0.1) is 27.8 Å². The minimum absolute atomic E-state index is 0.575. The summed E-state index contributed by atoms with van der Waals surface area (Å²) in [6.07, 6.45) is 0. The van der Waals surface area contributed by atoms with Crippen molar-refractivity contribution < 1.29 is 0 Å². The Balaban J connectivity index is 1.31. The molecule has 0 atom stereocenters. The summed E-state index contributed by atoms with van der Waals surface area (Å²) in [6, 6.07) is 62.0. The van der Waals surface area contributed by atoms with E-state index in [1.165, 1.54) is 27.2 Å². The molecule has 11 rings (SSSR count). The minimum Gasteiger partial charge on any atom is -0.308 e. The maximum atomic E-state index is 5.33. The quantitative estimate of drug-likeness (QED) is 0.188. The molecule has 11 aromatic rings. The van der Waals surface area contributed by atoms with Gasteiger partial charge in [-0.15, -0.1) is 0 Å². The summed E-state index contributed by atoms with van der Waals surface area (Å²) in [5, 5.41) is 9.30. The van der Waals surface area contributed by atoms with E-state index < -0.39 is 0 Å². The molecule has 3 heterocycles. The summed E-state index contributed by atoms with van der Waals surface area (Å²) in [7, 11) is 0. The van der Waals surface area contributed by atoms with E-state index in [1.54, 1.807) is 0 Å². The molecule has 8 aromatic carbocycles. The van der Waals surface area contributed by atoms with Gasteiger partial charge < -0.3 is 4.57 Å². The fourth-order valence-electron chi connectivity index (χ4n) is 8.10. The smallest absolute Gasteiger partial charge is 0.238 e. The molecule has 0 amide bonds. The van der Waals surface area contributed by atoms with Crippen molar-refractivity contribution in [3.63, 3.8) is 0 Å². The molecule has 0 unspecified atom stereocenters. The number of para-hydroxylation sites is 3. The number of hydrogen-bond acceptors (Lipinski definition) is 3. The highest BCUT2D eigenvalue weighted by molar-refractivity contribution is 6.22. The Morgan fingerprint density at radius 2 is 0.885 bits per heavy atom. The molecule has 5 heteroatoms. The Labute approximate surface area is 298 Å². The molecule has 5 nitrogen and oxygen atoms in total. The lowest BCUT2D eigenvalue weighted by molar-refractivity contribution is 0.954. The van der Waals surface area contributed by atoms with E-state index >= 15 is 0 Å². The van der Waals surface area contributed by atoms with Crippen molar-refractivity contribution in [1.29, 1.82) is 0 Å². The summed E-state index contributed by atoms with van der Waals surface area (Å²) < 4.78 is 4.69. The highest BCUT2D eigenvalue weighted by Gasteiger charge is 2.24. The van der Waals surface area contributed by atoms with Crippen molar-refractivity contribution in [2.75, 3.05) is 0 Å². The fraction of sp³-hybridized carbons (Fsp3) is 0. The molecule has 3 aromatic heterocycles. The van der Waals surface area contributed by atoms with Crippen molar-refractivity contribution in [2.24, 2.45) is 0 Å². The van der Waals surface area contributed by atoms with Crippen molar-refractivity contribution in [2.45, 2.75) is 0 Å². The van der Waals surface area contributed by atoms with Gasteiger partial charge in [0, 0.05) is 38.1 Å². The zero-order valence-electron chi connectivity index (χ0n) is 28.0. The second-order valence-electron chi connectivity index (χ2n) is 13.2. The zero-order valence-corrected chi connectivity index (χ0v) is 28.0. The molecular formula is C47H29N5. The highest BCUT2D eigenvalue weighted by atomic mass is 15.2. The lowest BCUT2D eigenvalue weighted by atomic mass is 10.0. The average Bonchev–Trinajstić information content (AvgIpc) is 3.72. The van der Waals surface area contributed by atoms with Crippen LogP contribution in [0.25, 0.3) is 99.6 Å².